The Hall–Kier alpha value is -11.5. The van der Waals surface area contributed by atoms with Crippen LogP contribution in [0.25, 0.3) is 32.7 Å². The zero-order valence-corrected chi connectivity index (χ0v) is 70.5. The molecule has 0 saturated carbocycles. The summed E-state index contributed by atoms with van der Waals surface area (Å²) in [6.45, 7) is 9.56. The van der Waals surface area contributed by atoms with Crippen molar-refractivity contribution in [2.45, 2.75) is 121 Å². The van der Waals surface area contributed by atoms with Crippen LogP contribution in [-0.4, -0.2) is 151 Å². The highest BCUT2D eigenvalue weighted by molar-refractivity contribution is 6.32. The van der Waals surface area contributed by atoms with E-state index in [2.05, 4.69) is 35.3 Å². The Morgan fingerprint density at radius 3 is 1.11 bits per heavy atom. The molecule has 5 N–H and O–H groups in total. The minimum absolute atomic E-state index is 0.170. The van der Waals surface area contributed by atoms with Crippen LogP contribution >= 0.6 is 34.8 Å². The zero-order chi connectivity index (χ0) is 85.0. The molecular formula is C96H99Cl3F3N11O10. The van der Waals surface area contributed by atoms with Gasteiger partial charge in [0.15, 0.2) is 0 Å². The molecule has 1 saturated heterocycles. The maximum absolute atomic E-state index is 13.5. The van der Waals surface area contributed by atoms with Gasteiger partial charge in [-0.1, -0.05) is 96.9 Å². The summed E-state index contributed by atoms with van der Waals surface area (Å²) in [6.07, 6.45) is 17.1. The van der Waals surface area contributed by atoms with Crippen molar-refractivity contribution in [3.63, 3.8) is 0 Å². The Balaban J connectivity index is 0.000000143. The number of hydrogen-bond donors (Lipinski definition) is 5. The molecule has 8 heterocycles. The van der Waals surface area contributed by atoms with Crippen LogP contribution < -0.4 is 33.7 Å². The number of aliphatic hydroxyl groups excluding tert-OH is 1. The number of nitrogens with zero attached hydrogens (tertiary/aromatic N) is 7. The van der Waals surface area contributed by atoms with Crippen LogP contribution in [0.1, 0.15) is 146 Å². The lowest BCUT2D eigenvalue weighted by molar-refractivity contribution is 0.134. The van der Waals surface area contributed by atoms with Gasteiger partial charge >= 0.3 is 18.3 Å². The van der Waals surface area contributed by atoms with E-state index in [1.165, 1.54) is 131 Å². The summed E-state index contributed by atoms with van der Waals surface area (Å²) >= 11 is 19.0. The molecule has 0 bridgehead atoms. The number of amides is 3. The molecule has 0 radical (unpaired) electrons. The van der Waals surface area contributed by atoms with Crippen LogP contribution in [0.4, 0.5) is 27.6 Å². The highest BCUT2D eigenvalue weighted by atomic mass is 35.5. The minimum Gasteiger partial charge on any atom is -0.494 e. The fraction of sp³-hybridized carbons (Fsp3) is 0.323. The first-order valence-electron chi connectivity index (χ1n) is 42.3. The van der Waals surface area contributed by atoms with Crippen molar-refractivity contribution in [3.8, 4) is 34.5 Å². The Morgan fingerprint density at radius 1 is 0.407 bits per heavy atom. The van der Waals surface area contributed by atoms with Crippen LogP contribution in [0, 0.1) is 17.5 Å². The van der Waals surface area contributed by atoms with E-state index >= 15 is 0 Å². The van der Waals surface area contributed by atoms with Crippen LogP contribution in [0.3, 0.4) is 0 Å². The van der Waals surface area contributed by atoms with Crippen LogP contribution in [0.15, 0.2) is 213 Å². The average molecular weight is 1730 g/mol. The van der Waals surface area contributed by atoms with Crippen molar-refractivity contribution in [2.24, 2.45) is 0 Å². The number of aryl methyl sites for hydroxylation is 1. The molecule has 4 aromatic heterocycles. The molecule has 4 aliphatic heterocycles. The van der Waals surface area contributed by atoms with E-state index in [4.69, 9.17) is 68.3 Å². The minimum atomic E-state index is -0.508. The third-order valence-corrected chi connectivity index (χ3v) is 23.5. The number of rotatable bonds is 30. The molecule has 17 rings (SSSR count). The first kappa shape index (κ1) is 86.4. The monoisotopic (exact) mass is 1730 g/mol. The molecule has 27 heteroatoms. The molecule has 9 aromatic carbocycles. The zero-order valence-electron chi connectivity index (χ0n) is 68.3. The van der Waals surface area contributed by atoms with Crippen LogP contribution in [0.2, 0.25) is 15.1 Å². The molecular weight excluding hydrogens is 1630 g/mol. The number of H-pyrrole nitrogens is 3. The fourth-order valence-corrected chi connectivity index (χ4v) is 17.2. The number of halogens is 6. The molecule has 13 aromatic rings. The van der Waals surface area contributed by atoms with Crippen molar-refractivity contribution in [3.05, 3.63) is 296 Å². The molecule has 123 heavy (non-hydrogen) atoms. The number of aliphatic hydroxyl groups is 1. The Kier molecular flexibility index (Phi) is 29.5. The highest BCUT2D eigenvalue weighted by Crippen LogP contribution is 2.44. The van der Waals surface area contributed by atoms with Gasteiger partial charge in [0.2, 0.25) is 0 Å². The number of unbranched alkanes of at least 4 members (excludes halogenated alkanes) is 7. The summed E-state index contributed by atoms with van der Waals surface area (Å²) in [4.78, 5) is 62.5. The summed E-state index contributed by atoms with van der Waals surface area (Å²) in [5, 5.41) is 21.3. The standard InChI is InChI=1S/C34H37ClFN3O3.C32H35ClFN3O4.C30H27ClFN5O3/c35-25-9-16-31-30(23-25)29-17-21-39(34(40)42-28-14-10-26(36)11-15-28)33(32(29)37-31)24-7-12-27(13-8-24)41-22-6-2-1-3-18-38-19-4-5-20-38;33-23-7-14-29-28(21-23)27-15-18-37(32(39)41-26-12-8-24(34)9-13-26)31(30(27)36-29)22-5-10-25(11-6-22)40-20-4-2-1-3-16-35-17-19-38;31-21-5-12-27-26(17-21)25-13-15-37(30(38)40-24-10-6-22(32)7-11-24)29(28(25)35-27)20-3-8-23(9-4-20)39-16-2-1-14-36-19-33-18-34-36/h7-16,23,33,37H,1-6,17-22H2;5-14,21,31,35-36,38H,1-4,15-20H2;3-12,17-19,29,35H,1-2,13-16H2. The summed E-state index contributed by atoms with van der Waals surface area (Å²) < 4.78 is 77.0. The van der Waals surface area contributed by atoms with E-state index < -0.39 is 48.0 Å². The predicted molar refractivity (Wildman–Crippen MR) is 472 cm³/mol. The molecule has 0 aliphatic carbocycles. The van der Waals surface area contributed by atoms with E-state index in [1.54, 1.807) is 25.7 Å². The third-order valence-electron chi connectivity index (χ3n) is 22.8. The van der Waals surface area contributed by atoms with Crippen molar-refractivity contribution >= 4 is 85.8 Å². The highest BCUT2D eigenvalue weighted by Gasteiger charge is 2.40. The van der Waals surface area contributed by atoms with Gasteiger partial charge in [-0.3, -0.25) is 19.4 Å². The van der Waals surface area contributed by atoms with E-state index in [9.17, 15) is 27.6 Å². The van der Waals surface area contributed by atoms with E-state index in [-0.39, 0.29) is 23.9 Å². The van der Waals surface area contributed by atoms with Crippen molar-refractivity contribution < 1.29 is 61.1 Å². The number of nitrogens with one attached hydrogen (secondary N) is 4. The first-order chi connectivity index (χ1) is 60.1. The molecule has 640 valence electrons. The largest absolute Gasteiger partial charge is 0.494 e. The van der Waals surface area contributed by atoms with Gasteiger partial charge in [0.25, 0.3) is 0 Å². The number of benzene rings is 9. The van der Waals surface area contributed by atoms with Crippen molar-refractivity contribution in [1.29, 1.82) is 0 Å². The number of ether oxygens (including phenoxy) is 6. The number of carbonyl (C=O) groups is 3. The molecule has 21 nitrogen and oxygen atoms in total. The van der Waals surface area contributed by atoms with Gasteiger partial charge in [-0.25, -0.2) is 32.5 Å². The van der Waals surface area contributed by atoms with Gasteiger partial charge in [0.05, 0.1) is 26.4 Å². The summed E-state index contributed by atoms with van der Waals surface area (Å²) in [7, 11) is 0. The second-order valence-electron chi connectivity index (χ2n) is 31.1. The maximum atomic E-state index is 13.5. The normalized spacial score (nSPS) is 15.5. The number of aromatic amines is 3. The van der Waals surface area contributed by atoms with E-state index in [1.807, 2.05) is 127 Å². The number of hydrogen-bond acceptors (Lipinski definition) is 14. The Labute approximate surface area is 727 Å². The quantitative estimate of drug-likeness (QED) is 0.0264. The number of carbonyl (C=O) groups excluding carboxylic acids is 3. The molecule has 1 fully saturated rings. The lowest BCUT2D eigenvalue weighted by atomic mass is 9.92. The van der Waals surface area contributed by atoms with Gasteiger partial charge < -0.3 is 58.7 Å². The van der Waals surface area contributed by atoms with Gasteiger partial charge in [-0.2, -0.15) is 5.10 Å². The Morgan fingerprint density at radius 2 is 0.748 bits per heavy atom. The smallest absolute Gasteiger partial charge is 0.416 e. The number of aromatic nitrogens is 6. The van der Waals surface area contributed by atoms with Crippen molar-refractivity contribution in [1.82, 2.24) is 54.6 Å². The first-order valence-corrected chi connectivity index (χ1v) is 43.4. The van der Waals surface area contributed by atoms with Crippen molar-refractivity contribution in [2.75, 3.05) is 78.8 Å². The molecule has 3 amide bonds. The second-order valence-corrected chi connectivity index (χ2v) is 32.4. The summed E-state index contributed by atoms with van der Waals surface area (Å²) in [5.41, 5.74) is 11.9. The fourth-order valence-electron chi connectivity index (χ4n) is 16.6. The van der Waals surface area contributed by atoms with E-state index in [0.717, 1.165) is 158 Å². The average Bonchev–Trinajstić information content (AvgIpc) is 1.63. The summed E-state index contributed by atoms with van der Waals surface area (Å²) in [6, 6.07) is 56.0. The maximum Gasteiger partial charge on any atom is 0.416 e. The lowest BCUT2D eigenvalue weighted by Crippen LogP contribution is -2.42. The number of likely N-dealkylation sites (tertiary alicyclic amines) is 1. The molecule has 3 unspecified atom stereocenters. The second kappa shape index (κ2) is 42.0. The van der Waals surface area contributed by atoms with Gasteiger partial charge in [-0.05, 0) is 294 Å². The predicted octanol–water partition coefficient (Wildman–Crippen LogP) is 21.3. The topological polar surface area (TPSA) is 230 Å². The van der Waals surface area contributed by atoms with Crippen LogP contribution in [-0.2, 0) is 25.8 Å². The molecule has 3 atom stereocenters. The van der Waals surface area contributed by atoms with Gasteiger partial charge in [-0.15, -0.1) is 0 Å². The van der Waals surface area contributed by atoms with Gasteiger partial charge in [0.1, 0.15) is 82.7 Å². The number of fused-ring (bicyclic) bond motifs is 9. The Bertz CT molecular complexity index is 5640. The molecule has 4 aliphatic rings. The molecule has 0 spiro atoms. The van der Waals surface area contributed by atoms with E-state index in [0.29, 0.717) is 86.1 Å². The van der Waals surface area contributed by atoms with Gasteiger partial charge in [0, 0.05) is 97.6 Å². The lowest BCUT2D eigenvalue weighted by Gasteiger charge is -2.35. The van der Waals surface area contributed by atoms with Crippen LogP contribution in [0.5, 0.6) is 34.5 Å². The third kappa shape index (κ3) is 22.3. The summed E-state index contributed by atoms with van der Waals surface area (Å²) in [5.74, 6) is 2.05. The SMILES string of the molecule is O=C(Oc1ccc(F)cc1)N1CCc2c([nH]c3ccc(Cl)cc23)C1c1ccc(OCCCCCCN2CCCC2)cc1.O=C(Oc1ccc(F)cc1)N1CCc2c([nH]c3ccc(Cl)cc23)C1c1ccc(OCCCCCCNCCO)cc1.O=C(Oc1ccc(F)cc1)N1CCc2c([nH]c3ccc(Cl)cc23)C1c1ccc(OCCCCn2cncn2)cc1.